The van der Waals surface area contributed by atoms with Gasteiger partial charge in [-0.1, -0.05) is 12.1 Å². The van der Waals surface area contributed by atoms with E-state index < -0.39 is 0 Å². The molecule has 78 valence electrons. The van der Waals surface area contributed by atoms with Crippen LogP contribution in [0.25, 0.3) is 0 Å². The van der Waals surface area contributed by atoms with E-state index in [2.05, 4.69) is 34.0 Å². The molecule has 1 rings (SSSR count). The Balaban J connectivity index is 2.21. The fourth-order valence-electron chi connectivity index (χ4n) is 1.03. The van der Waals surface area contributed by atoms with Crippen molar-refractivity contribution in [2.75, 3.05) is 31.7 Å². The smallest absolute Gasteiger partial charge is 0.0698 e. The number of rotatable bonds is 6. The van der Waals surface area contributed by atoms with Crippen molar-refractivity contribution in [3.63, 3.8) is 0 Å². The largest absolute Gasteiger partial charge is 0.394 e. The lowest BCUT2D eigenvalue weighted by Gasteiger charge is -2.08. The fraction of sp³-hybridized carbons (Fsp3) is 0.400. The molecule has 0 atom stereocenters. The van der Waals surface area contributed by atoms with Crippen LogP contribution in [-0.4, -0.2) is 31.5 Å². The average molecular weight is 307 g/mol. The third-order valence-corrected chi connectivity index (χ3v) is 2.61. The molecule has 2 N–H and O–H groups in total. The molecule has 0 heterocycles. The first-order valence-corrected chi connectivity index (χ1v) is 5.59. The molecule has 0 aromatic heterocycles. The van der Waals surface area contributed by atoms with E-state index in [-0.39, 0.29) is 6.61 Å². The Hall–Kier alpha value is -0.330. The first kappa shape index (κ1) is 11.7. The molecular weight excluding hydrogens is 293 g/mol. The van der Waals surface area contributed by atoms with Crippen molar-refractivity contribution >= 4 is 28.3 Å². The van der Waals surface area contributed by atoms with Crippen LogP contribution in [-0.2, 0) is 4.74 Å². The monoisotopic (exact) mass is 307 g/mol. The van der Waals surface area contributed by atoms with E-state index in [9.17, 15) is 0 Å². The molecule has 0 unspecified atom stereocenters. The van der Waals surface area contributed by atoms with Crippen LogP contribution in [0, 0.1) is 3.57 Å². The summed E-state index contributed by atoms with van der Waals surface area (Å²) in [6.45, 7) is 1.88. The van der Waals surface area contributed by atoms with Crippen LogP contribution in [0.5, 0.6) is 0 Å². The topological polar surface area (TPSA) is 41.5 Å². The maximum Gasteiger partial charge on any atom is 0.0698 e. The minimum Gasteiger partial charge on any atom is -0.394 e. The molecule has 0 bridgehead atoms. The Morgan fingerprint density at radius 2 is 2.07 bits per heavy atom. The van der Waals surface area contributed by atoms with Gasteiger partial charge in [-0.2, -0.15) is 0 Å². The number of ether oxygens (including phenoxy) is 1. The summed E-state index contributed by atoms with van der Waals surface area (Å²) in [6.07, 6.45) is 0. The van der Waals surface area contributed by atoms with Gasteiger partial charge in [0.25, 0.3) is 0 Å². The minimum absolute atomic E-state index is 0.0862. The number of hydrogen-bond donors (Lipinski definition) is 2. The Morgan fingerprint density at radius 3 is 2.79 bits per heavy atom. The van der Waals surface area contributed by atoms with E-state index in [0.29, 0.717) is 13.2 Å². The van der Waals surface area contributed by atoms with E-state index in [1.807, 2.05) is 18.2 Å². The maximum atomic E-state index is 8.48. The van der Waals surface area contributed by atoms with Gasteiger partial charge in [-0.15, -0.1) is 0 Å². The van der Waals surface area contributed by atoms with Crippen molar-refractivity contribution in [1.82, 2.24) is 0 Å². The highest BCUT2D eigenvalue weighted by atomic mass is 127. The summed E-state index contributed by atoms with van der Waals surface area (Å²) in [6, 6.07) is 8.10. The zero-order valence-electron chi connectivity index (χ0n) is 7.87. The SMILES string of the molecule is OCCOCCNc1ccccc1I. The molecule has 1 aromatic rings. The lowest BCUT2D eigenvalue weighted by atomic mass is 10.3. The van der Waals surface area contributed by atoms with Crippen molar-refractivity contribution in [1.29, 1.82) is 0 Å². The zero-order valence-corrected chi connectivity index (χ0v) is 10.0. The molecule has 0 amide bonds. The predicted octanol–water partition coefficient (Wildman–Crippen LogP) is 1.71. The molecule has 0 aliphatic heterocycles. The Kier molecular flexibility index (Phi) is 5.89. The van der Waals surface area contributed by atoms with E-state index in [4.69, 9.17) is 9.84 Å². The number of hydrogen-bond acceptors (Lipinski definition) is 3. The molecule has 0 aliphatic rings. The first-order valence-electron chi connectivity index (χ1n) is 4.51. The summed E-state index contributed by atoms with van der Waals surface area (Å²) in [5.41, 5.74) is 1.13. The van der Waals surface area contributed by atoms with Crippen LogP contribution in [0.1, 0.15) is 0 Å². The molecule has 0 saturated heterocycles. The lowest BCUT2D eigenvalue weighted by Crippen LogP contribution is -2.11. The summed E-state index contributed by atoms with van der Waals surface area (Å²) in [5.74, 6) is 0. The summed E-state index contributed by atoms with van der Waals surface area (Å²) in [5, 5.41) is 11.7. The second kappa shape index (κ2) is 7.03. The van der Waals surface area contributed by atoms with E-state index in [0.717, 1.165) is 12.2 Å². The van der Waals surface area contributed by atoms with Gasteiger partial charge in [0.15, 0.2) is 0 Å². The Bertz CT molecular complexity index is 268. The summed E-state index contributed by atoms with van der Waals surface area (Å²) in [4.78, 5) is 0. The Labute approximate surface area is 97.6 Å². The van der Waals surface area contributed by atoms with Crippen LogP contribution in [0.3, 0.4) is 0 Å². The number of nitrogens with one attached hydrogen (secondary N) is 1. The normalized spacial score (nSPS) is 10.1. The number of anilines is 1. The highest BCUT2D eigenvalue weighted by Gasteiger charge is 1.95. The van der Waals surface area contributed by atoms with Crippen LogP contribution in [0.4, 0.5) is 5.69 Å². The predicted molar refractivity (Wildman–Crippen MR) is 65.6 cm³/mol. The van der Waals surface area contributed by atoms with E-state index in [1.54, 1.807) is 0 Å². The summed E-state index contributed by atoms with van der Waals surface area (Å²) in [7, 11) is 0. The molecule has 0 fully saturated rings. The van der Waals surface area contributed by atoms with Gasteiger partial charge in [0, 0.05) is 15.8 Å². The van der Waals surface area contributed by atoms with Crippen molar-refractivity contribution < 1.29 is 9.84 Å². The van der Waals surface area contributed by atoms with Gasteiger partial charge in [-0.05, 0) is 34.7 Å². The van der Waals surface area contributed by atoms with Crippen molar-refractivity contribution in [3.05, 3.63) is 27.8 Å². The minimum atomic E-state index is 0.0862. The van der Waals surface area contributed by atoms with E-state index in [1.165, 1.54) is 3.57 Å². The van der Waals surface area contributed by atoms with Gasteiger partial charge >= 0.3 is 0 Å². The van der Waals surface area contributed by atoms with Crippen LogP contribution < -0.4 is 5.32 Å². The van der Waals surface area contributed by atoms with Crippen LogP contribution in [0.15, 0.2) is 24.3 Å². The molecule has 0 saturated carbocycles. The van der Waals surface area contributed by atoms with Crippen molar-refractivity contribution in [3.8, 4) is 0 Å². The van der Waals surface area contributed by atoms with Gasteiger partial charge in [0.2, 0.25) is 0 Å². The Morgan fingerprint density at radius 1 is 1.29 bits per heavy atom. The highest BCUT2D eigenvalue weighted by molar-refractivity contribution is 14.1. The maximum absolute atomic E-state index is 8.48. The quantitative estimate of drug-likeness (QED) is 0.621. The third kappa shape index (κ3) is 4.26. The highest BCUT2D eigenvalue weighted by Crippen LogP contribution is 2.16. The van der Waals surface area contributed by atoms with Gasteiger partial charge in [0.05, 0.1) is 19.8 Å². The van der Waals surface area contributed by atoms with Gasteiger partial charge < -0.3 is 15.2 Å². The molecule has 3 nitrogen and oxygen atoms in total. The molecule has 0 spiro atoms. The summed E-state index contributed by atoms with van der Waals surface area (Å²) >= 11 is 2.29. The summed E-state index contributed by atoms with van der Waals surface area (Å²) < 4.78 is 6.33. The van der Waals surface area contributed by atoms with E-state index >= 15 is 0 Å². The first-order chi connectivity index (χ1) is 6.84. The standard InChI is InChI=1S/C10H14INO2/c11-9-3-1-2-4-10(9)12-5-7-14-8-6-13/h1-4,12-13H,5-8H2. The van der Waals surface area contributed by atoms with Gasteiger partial charge in [-0.3, -0.25) is 0 Å². The average Bonchev–Trinajstić information content (AvgIpc) is 2.20. The molecular formula is C10H14INO2. The second-order valence-corrected chi connectivity index (χ2v) is 3.90. The number of aliphatic hydroxyl groups is 1. The van der Waals surface area contributed by atoms with Crippen molar-refractivity contribution in [2.24, 2.45) is 0 Å². The molecule has 4 heteroatoms. The number of benzene rings is 1. The molecule has 0 radical (unpaired) electrons. The van der Waals surface area contributed by atoms with Crippen LogP contribution in [0.2, 0.25) is 0 Å². The van der Waals surface area contributed by atoms with Crippen LogP contribution >= 0.6 is 22.6 Å². The molecule has 0 aliphatic carbocycles. The lowest BCUT2D eigenvalue weighted by molar-refractivity contribution is 0.0992. The zero-order chi connectivity index (χ0) is 10.2. The number of para-hydroxylation sites is 1. The fourth-order valence-corrected chi connectivity index (χ4v) is 1.61. The molecule has 14 heavy (non-hydrogen) atoms. The third-order valence-electron chi connectivity index (χ3n) is 1.67. The number of halogens is 1. The van der Waals surface area contributed by atoms with Gasteiger partial charge in [-0.25, -0.2) is 0 Å². The van der Waals surface area contributed by atoms with Gasteiger partial charge in [0.1, 0.15) is 0 Å². The second-order valence-electron chi connectivity index (χ2n) is 2.74. The number of aliphatic hydroxyl groups excluding tert-OH is 1. The molecule has 1 aromatic carbocycles. The van der Waals surface area contributed by atoms with Crippen molar-refractivity contribution in [2.45, 2.75) is 0 Å².